The summed E-state index contributed by atoms with van der Waals surface area (Å²) in [6.07, 6.45) is 0.796. The first kappa shape index (κ1) is 22.1. The van der Waals surface area contributed by atoms with Gasteiger partial charge in [0.1, 0.15) is 6.04 Å². The molecule has 0 radical (unpaired) electrons. The number of H-pyrrole nitrogens is 1. The van der Waals surface area contributed by atoms with Crippen LogP contribution in [0, 0.1) is 42.4 Å². The number of carbonyl (C=O) groups excluding carboxylic acids is 2. The average Bonchev–Trinajstić information content (AvgIpc) is 3.49. The first-order chi connectivity index (χ1) is 16.2. The summed E-state index contributed by atoms with van der Waals surface area (Å²) >= 11 is 2.89. The molecule has 2 bridgehead atoms. The van der Waals surface area contributed by atoms with Crippen molar-refractivity contribution in [3.05, 3.63) is 49.9 Å². The van der Waals surface area contributed by atoms with Gasteiger partial charge in [-0.05, 0) is 42.6 Å². The Hall–Kier alpha value is -2.39. The lowest BCUT2D eigenvalue weighted by atomic mass is 9.68. The molecule has 2 amide bonds. The Kier molecular flexibility index (Phi) is 4.91. The number of aromatic nitrogens is 1. The van der Waals surface area contributed by atoms with Crippen molar-refractivity contribution in [1.29, 1.82) is 0 Å². The summed E-state index contributed by atoms with van der Waals surface area (Å²) in [7, 11) is 0. The van der Waals surface area contributed by atoms with E-state index in [4.69, 9.17) is 0 Å². The number of nitrogens with zero attached hydrogens (tertiary/aromatic N) is 1. The van der Waals surface area contributed by atoms with E-state index in [9.17, 15) is 24.3 Å². The fourth-order valence-electron chi connectivity index (χ4n) is 7.15. The normalized spacial score (nSPS) is 34.4. The first-order valence-corrected chi connectivity index (χ1v) is 13.4. The van der Waals surface area contributed by atoms with Crippen molar-refractivity contribution in [3.63, 3.8) is 0 Å². The minimum atomic E-state index is -1.13. The Labute approximate surface area is 204 Å². The number of nitrogens with one attached hydrogen (secondary N) is 1. The van der Waals surface area contributed by atoms with E-state index < -0.39 is 23.8 Å². The van der Waals surface area contributed by atoms with Gasteiger partial charge in [-0.25, -0.2) is 4.79 Å². The maximum atomic E-state index is 13.6. The summed E-state index contributed by atoms with van der Waals surface area (Å²) in [4.78, 5) is 56.5. The topological polar surface area (TPSA) is 108 Å². The summed E-state index contributed by atoms with van der Waals surface area (Å²) in [5, 5.41) is 10.8. The predicted molar refractivity (Wildman–Crippen MR) is 128 cm³/mol. The molecule has 34 heavy (non-hydrogen) atoms. The summed E-state index contributed by atoms with van der Waals surface area (Å²) in [5.74, 6) is -2.96. The van der Waals surface area contributed by atoms with Crippen LogP contribution in [0.1, 0.15) is 42.2 Å². The van der Waals surface area contributed by atoms with Gasteiger partial charge in [-0.15, -0.1) is 11.8 Å². The van der Waals surface area contributed by atoms with Gasteiger partial charge in [0.05, 0.1) is 16.9 Å². The lowest BCUT2D eigenvalue weighted by Crippen LogP contribution is -2.49. The van der Waals surface area contributed by atoms with E-state index in [1.54, 1.807) is 25.6 Å². The van der Waals surface area contributed by atoms with Crippen LogP contribution in [0.2, 0.25) is 0 Å². The molecule has 3 fully saturated rings. The number of aliphatic carboxylic acids is 1. The van der Waals surface area contributed by atoms with Gasteiger partial charge in [0.2, 0.25) is 11.8 Å². The largest absolute Gasteiger partial charge is 0.480 e. The molecule has 1 saturated heterocycles. The molecular formula is C25H26N2O5S2. The summed E-state index contributed by atoms with van der Waals surface area (Å²) in [5.41, 5.74) is 2.28. The molecule has 1 aromatic carbocycles. The second-order valence-electron chi connectivity index (χ2n) is 10.4. The molecule has 1 aromatic heterocycles. The van der Waals surface area contributed by atoms with Crippen LogP contribution in [0.25, 0.3) is 0 Å². The number of carboxylic acids is 1. The molecule has 2 aliphatic heterocycles. The van der Waals surface area contributed by atoms with Gasteiger partial charge in [0.25, 0.3) is 0 Å². The molecule has 178 valence electrons. The Morgan fingerprint density at radius 1 is 1.09 bits per heavy atom. The molecule has 2 saturated carbocycles. The van der Waals surface area contributed by atoms with E-state index in [1.807, 2.05) is 6.92 Å². The number of imide groups is 1. The van der Waals surface area contributed by atoms with E-state index >= 15 is 0 Å². The van der Waals surface area contributed by atoms with Gasteiger partial charge >= 0.3 is 10.8 Å². The number of fused-ring (bicyclic) bond motifs is 9. The lowest BCUT2D eigenvalue weighted by Gasteiger charge is -2.43. The summed E-state index contributed by atoms with van der Waals surface area (Å²) < 4.78 is 0. The Balaban J connectivity index is 1.44. The molecule has 3 heterocycles. The number of aryl methyl sites for hydroxylation is 1. The molecule has 2 N–H and O–H groups in total. The van der Waals surface area contributed by atoms with Gasteiger partial charge in [-0.1, -0.05) is 55.0 Å². The molecule has 2 aromatic rings. The second kappa shape index (κ2) is 7.55. The third-order valence-corrected chi connectivity index (χ3v) is 10.9. The van der Waals surface area contributed by atoms with Gasteiger partial charge in [-0.3, -0.25) is 19.3 Å². The first-order valence-electron chi connectivity index (χ1n) is 11.7. The Morgan fingerprint density at radius 2 is 1.74 bits per heavy atom. The number of hydrogen-bond acceptors (Lipinski definition) is 6. The quantitative estimate of drug-likeness (QED) is 0.626. The number of benzene rings is 1. The van der Waals surface area contributed by atoms with Crippen LogP contribution in [0.3, 0.4) is 0 Å². The third kappa shape index (κ3) is 2.89. The zero-order chi connectivity index (χ0) is 24.0. The van der Waals surface area contributed by atoms with Crippen LogP contribution in [0.4, 0.5) is 0 Å². The zero-order valence-electron chi connectivity index (χ0n) is 19.1. The summed E-state index contributed by atoms with van der Waals surface area (Å²) in [6.45, 7) is 5.51. The highest BCUT2D eigenvalue weighted by Gasteiger charge is 2.70. The molecule has 8 atom stereocenters. The maximum absolute atomic E-state index is 13.6. The smallest absolute Gasteiger partial charge is 0.327 e. The zero-order valence-corrected chi connectivity index (χ0v) is 20.7. The average molecular weight is 499 g/mol. The van der Waals surface area contributed by atoms with Gasteiger partial charge in [0, 0.05) is 16.0 Å². The van der Waals surface area contributed by atoms with Crippen molar-refractivity contribution in [2.24, 2.45) is 35.5 Å². The van der Waals surface area contributed by atoms with Crippen LogP contribution in [-0.2, 0) is 14.4 Å². The third-order valence-electron chi connectivity index (χ3n) is 8.36. The van der Waals surface area contributed by atoms with Crippen molar-refractivity contribution in [3.8, 4) is 0 Å². The van der Waals surface area contributed by atoms with Crippen molar-refractivity contribution in [2.45, 2.75) is 49.4 Å². The fraction of sp³-hybridized carbons (Fsp3) is 0.520. The van der Waals surface area contributed by atoms with Crippen LogP contribution in [0.15, 0.2) is 34.1 Å². The molecule has 2 aliphatic carbocycles. The number of likely N-dealkylation sites (tertiary alicyclic amines) is 1. The van der Waals surface area contributed by atoms with E-state index in [0.29, 0.717) is 0 Å². The highest BCUT2D eigenvalue weighted by Crippen LogP contribution is 2.68. The highest BCUT2D eigenvalue weighted by atomic mass is 32.2. The van der Waals surface area contributed by atoms with Gasteiger partial charge < -0.3 is 10.1 Å². The molecule has 0 unspecified atom stereocenters. The molecule has 7 nitrogen and oxygen atoms in total. The minimum absolute atomic E-state index is 0.00226. The number of thiazole rings is 1. The minimum Gasteiger partial charge on any atom is -0.480 e. The van der Waals surface area contributed by atoms with Crippen LogP contribution < -0.4 is 4.87 Å². The standard InChI is InChI=1S/C25H26N2O5S2/c1-9(2)18(24(30)31)27-22(28)16-12-8-13(17(16)23(27)29)19-15(12)14(11-6-4-10(3)5-7-11)20-21(33-19)26-25(32)34-20/h4-7,9,12-19H,8H2,1-3H3,(H,26,32)(H,30,31)/t12-,13+,14-,15+,16+,17+,18-,19-/m0/s1. The van der Waals surface area contributed by atoms with E-state index in [1.165, 1.54) is 11.3 Å². The van der Waals surface area contributed by atoms with Crippen molar-refractivity contribution < 1.29 is 19.5 Å². The van der Waals surface area contributed by atoms with Crippen molar-refractivity contribution in [1.82, 2.24) is 9.88 Å². The van der Waals surface area contributed by atoms with E-state index in [0.717, 1.165) is 32.4 Å². The van der Waals surface area contributed by atoms with Crippen LogP contribution >= 0.6 is 23.1 Å². The predicted octanol–water partition coefficient (Wildman–Crippen LogP) is 3.33. The number of amides is 2. The van der Waals surface area contributed by atoms with Gasteiger partial charge in [0.15, 0.2) is 0 Å². The fourth-order valence-corrected chi connectivity index (χ4v) is 10.0. The molecule has 6 rings (SSSR count). The number of carboxylic acid groups (broad SMARTS) is 1. The monoisotopic (exact) mass is 498 g/mol. The number of thioether (sulfide) groups is 1. The molecular weight excluding hydrogens is 472 g/mol. The molecule has 9 heteroatoms. The maximum Gasteiger partial charge on any atom is 0.327 e. The van der Waals surface area contributed by atoms with Gasteiger partial charge in [-0.2, -0.15) is 0 Å². The number of rotatable bonds is 4. The number of aromatic amines is 1. The van der Waals surface area contributed by atoms with E-state index in [2.05, 4.69) is 29.2 Å². The Bertz CT molecular complexity index is 1260. The molecule has 4 aliphatic rings. The number of hydrogen-bond donors (Lipinski definition) is 2. The highest BCUT2D eigenvalue weighted by molar-refractivity contribution is 8.00. The van der Waals surface area contributed by atoms with Crippen molar-refractivity contribution in [2.75, 3.05) is 0 Å². The second-order valence-corrected chi connectivity index (χ2v) is 12.6. The van der Waals surface area contributed by atoms with E-state index in [-0.39, 0.29) is 51.5 Å². The Morgan fingerprint density at radius 3 is 2.35 bits per heavy atom. The number of carbonyl (C=O) groups is 3. The van der Waals surface area contributed by atoms with Crippen molar-refractivity contribution >= 4 is 40.9 Å². The molecule has 0 spiro atoms. The van der Waals surface area contributed by atoms with Crippen LogP contribution in [0.5, 0.6) is 0 Å². The lowest BCUT2D eigenvalue weighted by molar-refractivity contribution is -0.157. The SMILES string of the molecule is Cc1ccc([C@@H]2c3sc(=O)[nH]c3S[C@H]3[C@@H]4C[C@H]([C@H]5C(=O)N([C@H](C(=O)O)C(C)C)C(=O)[C@H]45)[C@H]23)cc1. The summed E-state index contributed by atoms with van der Waals surface area (Å²) in [6, 6.07) is 7.23. The van der Waals surface area contributed by atoms with Crippen LogP contribution in [-0.4, -0.2) is 44.1 Å².